The molecular formula is C15H18O4. The van der Waals surface area contributed by atoms with E-state index >= 15 is 0 Å². The van der Waals surface area contributed by atoms with Gasteiger partial charge < -0.3 is 20.1 Å². The lowest BCUT2D eigenvalue weighted by Crippen LogP contribution is -1.70. The van der Waals surface area contributed by atoms with Gasteiger partial charge in [0.2, 0.25) is 0 Å². The Bertz CT molecular complexity index is 442. The van der Waals surface area contributed by atoms with Crippen LogP contribution in [0.25, 0.3) is 0 Å². The molecule has 0 fully saturated rings. The molecule has 2 aromatic rings. The summed E-state index contributed by atoms with van der Waals surface area (Å²) in [4.78, 5) is 8.00. The van der Waals surface area contributed by atoms with E-state index in [2.05, 4.69) is 0 Å². The quantitative estimate of drug-likeness (QED) is 0.682. The molecule has 0 heterocycles. The third-order valence-corrected chi connectivity index (χ3v) is 2.05. The minimum absolute atomic E-state index is 0.104. The maximum absolute atomic E-state index is 8.83. The predicted molar refractivity (Wildman–Crippen MR) is 74.5 cm³/mol. The van der Waals surface area contributed by atoms with Gasteiger partial charge in [-0.2, -0.15) is 0 Å². The molecule has 3 N–H and O–H groups in total. The largest absolute Gasteiger partial charge is 0.508 e. The van der Waals surface area contributed by atoms with E-state index in [0.29, 0.717) is 5.75 Å². The van der Waals surface area contributed by atoms with Crippen molar-refractivity contribution in [2.45, 2.75) is 13.8 Å². The number of phenolic OH excluding ortho intramolecular Hbond substituents is 3. The number of aryl methyl sites for hydroxylation is 2. The van der Waals surface area contributed by atoms with Crippen LogP contribution in [0.15, 0.2) is 42.5 Å². The molecule has 0 radical (unpaired) electrons. The molecule has 2 rings (SSSR count). The average molecular weight is 262 g/mol. The predicted octanol–water partition coefficient (Wildman–Crippen LogP) is 2.92. The molecule has 4 heteroatoms. The van der Waals surface area contributed by atoms with Crippen LogP contribution in [-0.2, 0) is 4.79 Å². The highest BCUT2D eigenvalue weighted by atomic mass is 16.3. The van der Waals surface area contributed by atoms with Gasteiger partial charge >= 0.3 is 0 Å². The SMILES string of the molecule is C=O.Cc1cc(O)cc(O)c1.Cc1cccc(O)c1. The number of hydrogen-bond donors (Lipinski definition) is 3. The van der Waals surface area contributed by atoms with Crippen molar-refractivity contribution in [3.63, 3.8) is 0 Å². The van der Waals surface area contributed by atoms with Crippen LogP contribution in [0, 0.1) is 13.8 Å². The number of rotatable bonds is 0. The summed E-state index contributed by atoms with van der Waals surface area (Å²) in [7, 11) is 0. The van der Waals surface area contributed by atoms with E-state index in [4.69, 9.17) is 20.1 Å². The fraction of sp³-hybridized carbons (Fsp3) is 0.133. The van der Waals surface area contributed by atoms with Crippen molar-refractivity contribution in [2.75, 3.05) is 0 Å². The Labute approximate surface area is 112 Å². The zero-order valence-corrected chi connectivity index (χ0v) is 11.0. The summed E-state index contributed by atoms with van der Waals surface area (Å²) in [5, 5.41) is 26.5. The molecule has 0 unspecified atom stereocenters. The van der Waals surface area contributed by atoms with Crippen LogP contribution in [-0.4, -0.2) is 22.1 Å². The Morgan fingerprint density at radius 2 is 1.21 bits per heavy atom. The summed E-state index contributed by atoms with van der Waals surface area (Å²) in [5.41, 5.74) is 1.94. The molecule has 0 saturated heterocycles. The smallest absolute Gasteiger partial charge is 0.119 e. The van der Waals surface area contributed by atoms with Crippen molar-refractivity contribution < 1.29 is 20.1 Å². The van der Waals surface area contributed by atoms with Crippen LogP contribution in [0.2, 0.25) is 0 Å². The molecule has 0 spiro atoms. The van der Waals surface area contributed by atoms with Gasteiger partial charge in [-0.3, -0.25) is 0 Å². The Balaban J connectivity index is 0.000000303. The second kappa shape index (κ2) is 8.58. The van der Waals surface area contributed by atoms with Crippen molar-refractivity contribution >= 4 is 6.79 Å². The number of hydrogen-bond acceptors (Lipinski definition) is 4. The fourth-order valence-electron chi connectivity index (χ4n) is 1.37. The summed E-state index contributed by atoms with van der Waals surface area (Å²) < 4.78 is 0. The standard InChI is InChI=1S/C7H8O2.C7H8O.CH2O/c1-5-2-6(8)4-7(9)3-5;1-6-3-2-4-7(8)5-6;1-2/h2-4,8-9H,1H3;2-5,8H,1H3;1H2. The first-order chi connectivity index (χ1) is 8.97. The molecule has 0 saturated carbocycles. The van der Waals surface area contributed by atoms with Gasteiger partial charge in [0, 0.05) is 6.07 Å². The first-order valence-corrected chi connectivity index (χ1v) is 5.51. The minimum atomic E-state index is 0.104. The maximum Gasteiger partial charge on any atom is 0.119 e. The monoisotopic (exact) mass is 262 g/mol. The summed E-state index contributed by atoms with van der Waals surface area (Å²) in [6.45, 7) is 5.75. The minimum Gasteiger partial charge on any atom is -0.508 e. The third kappa shape index (κ3) is 7.44. The molecule has 19 heavy (non-hydrogen) atoms. The number of carbonyl (C=O) groups excluding carboxylic acids is 1. The van der Waals surface area contributed by atoms with Gasteiger partial charge in [0.1, 0.15) is 24.0 Å². The van der Waals surface area contributed by atoms with Crippen LogP contribution in [0.4, 0.5) is 0 Å². The van der Waals surface area contributed by atoms with Crippen molar-refractivity contribution in [3.8, 4) is 17.2 Å². The Morgan fingerprint density at radius 1 is 0.737 bits per heavy atom. The second-order valence-electron chi connectivity index (χ2n) is 3.87. The lowest BCUT2D eigenvalue weighted by Gasteiger charge is -1.94. The molecule has 2 aromatic carbocycles. The Hall–Kier alpha value is -2.49. The summed E-state index contributed by atoms with van der Waals surface area (Å²) in [6, 6.07) is 11.6. The van der Waals surface area contributed by atoms with Gasteiger partial charge in [-0.1, -0.05) is 12.1 Å². The maximum atomic E-state index is 8.83. The topological polar surface area (TPSA) is 77.8 Å². The summed E-state index contributed by atoms with van der Waals surface area (Å²) >= 11 is 0. The summed E-state index contributed by atoms with van der Waals surface area (Å²) in [5.74, 6) is 0.546. The van der Waals surface area contributed by atoms with E-state index in [1.165, 1.54) is 6.07 Å². The van der Waals surface area contributed by atoms with Gasteiger partial charge in [0.15, 0.2) is 0 Å². The third-order valence-electron chi connectivity index (χ3n) is 2.05. The zero-order chi connectivity index (χ0) is 14.8. The van der Waals surface area contributed by atoms with Gasteiger partial charge in [0.25, 0.3) is 0 Å². The first-order valence-electron chi connectivity index (χ1n) is 5.51. The van der Waals surface area contributed by atoms with Crippen molar-refractivity contribution in [1.82, 2.24) is 0 Å². The molecule has 102 valence electrons. The molecule has 0 amide bonds. The van der Waals surface area contributed by atoms with Crippen LogP contribution in [0.5, 0.6) is 17.2 Å². The normalized spacial score (nSPS) is 8.53. The molecule has 0 aromatic heterocycles. The van der Waals surface area contributed by atoms with E-state index in [1.54, 1.807) is 31.2 Å². The number of benzene rings is 2. The number of phenols is 3. The van der Waals surface area contributed by atoms with Gasteiger partial charge in [-0.05, 0) is 49.2 Å². The molecule has 0 bridgehead atoms. The number of aromatic hydroxyl groups is 3. The Kier molecular flexibility index (Phi) is 7.45. The number of carbonyl (C=O) groups is 1. The van der Waals surface area contributed by atoms with Gasteiger partial charge in [-0.25, -0.2) is 0 Å². The van der Waals surface area contributed by atoms with Crippen molar-refractivity contribution in [1.29, 1.82) is 0 Å². The van der Waals surface area contributed by atoms with E-state index in [-0.39, 0.29) is 11.5 Å². The molecule has 0 aliphatic carbocycles. The van der Waals surface area contributed by atoms with E-state index < -0.39 is 0 Å². The van der Waals surface area contributed by atoms with Crippen LogP contribution in [0.3, 0.4) is 0 Å². The van der Waals surface area contributed by atoms with Crippen LogP contribution >= 0.6 is 0 Å². The lowest BCUT2D eigenvalue weighted by molar-refractivity contribution is -0.0979. The van der Waals surface area contributed by atoms with Crippen molar-refractivity contribution in [3.05, 3.63) is 53.6 Å². The van der Waals surface area contributed by atoms with E-state index in [1.807, 2.05) is 25.8 Å². The van der Waals surface area contributed by atoms with Crippen LogP contribution in [0.1, 0.15) is 11.1 Å². The van der Waals surface area contributed by atoms with Crippen molar-refractivity contribution in [2.24, 2.45) is 0 Å². The molecule has 0 aliphatic heterocycles. The second-order valence-corrected chi connectivity index (χ2v) is 3.87. The molecule has 0 atom stereocenters. The Morgan fingerprint density at radius 3 is 1.53 bits per heavy atom. The average Bonchev–Trinajstić information content (AvgIpc) is 2.30. The zero-order valence-electron chi connectivity index (χ0n) is 11.0. The molecule has 0 aliphatic rings. The highest BCUT2D eigenvalue weighted by Gasteiger charge is 1.91. The summed E-state index contributed by atoms with van der Waals surface area (Å²) in [6.07, 6.45) is 0. The van der Waals surface area contributed by atoms with Crippen LogP contribution < -0.4 is 0 Å². The first kappa shape index (κ1) is 16.5. The highest BCUT2D eigenvalue weighted by Crippen LogP contribution is 2.18. The molecular weight excluding hydrogens is 244 g/mol. The molecule has 4 nitrogen and oxygen atoms in total. The lowest BCUT2D eigenvalue weighted by atomic mass is 10.2. The fourth-order valence-corrected chi connectivity index (χ4v) is 1.37. The van der Waals surface area contributed by atoms with Gasteiger partial charge in [-0.15, -0.1) is 0 Å². The van der Waals surface area contributed by atoms with Gasteiger partial charge in [0.05, 0.1) is 0 Å². The van der Waals surface area contributed by atoms with E-state index in [9.17, 15) is 0 Å². The van der Waals surface area contributed by atoms with E-state index in [0.717, 1.165) is 11.1 Å². The highest BCUT2D eigenvalue weighted by molar-refractivity contribution is 5.35.